The first-order valence-corrected chi connectivity index (χ1v) is 8.17. The first-order valence-electron chi connectivity index (χ1n) is 8.17. The van der Waals surface area contributed by atoms with Crippen LogP contribution in [-0.2, 0) is 23.1 Å². The molecule has 24 heavy (non-hydrogen) atoms. The van der Waals surface area contributed by atoms with E-state index in [1.165, 1.54) is 0 Å². The molecule has 0 aliphatic carbocycles. The van der Waals surface area contributed by atoms with Crippen molar-refractivity contribution in [2.45, 2.75) is 39.8 Å². The highest BCUT2D eigenvalue weighted by molar-refractivity contribution is 5.79. The first kappa shape index (κ1) is 16.7. The molecule has 2 aromatic rings. The Hall–Kier alpha value is -2.15. The van der Waals surface area contributed by atoms with E-state index in [-0.39, 0.29) is 17.9 Å². The third-order valence-corrected chi connectivity index (χ3v) is 4.71. The van der Waals surface area contributed by atoms with Crippen LogP contribution in [0.25, 0.3) is 0 Å². The molecule has 0 aromatic carbocycles. The zero-order chi connectivity index (χ0) is 17.4. The Morgan fingerprint density at radius 1 is 1.42 bits per heavy atom. The Morgan fingerprint density at radius 3 is 2.75 bits per heavy atom. The molecule has 2 aromatic heterocycles. The lowest BCUT2D eigenvalue weighted by Crippen LogP contribution is -2.34. The van der Waals surface area contributed by atoms with Gasteiger partial charge in [-0.3, -0.25) is 9.48 Å². The number of carbonyl (C=O) groups is 1. The van der Waals surface area contributed by atoms with Crippen LogP contribution >= 0.6 is 0 Å². The fourth-order valence-corrected chi connectivity index (χ4v) is 3.43. The minimum atomic E-state index is -0.229. The molecule has 0 N–H and O–H groups in total. The summed E-state index contributed by atoms with van der Waals surface area (Å²) >= 11 is 0. The average molecular weight is 332 g/mol. The average Bonchev–Trinajstić information content (AvgIpc) is 3.20. The largest absolute Gasteiger partial charge is 0.373 e. The summed E-state index contributed by atoms with van der Waals surface area (Å²) in [7, 11) is 3.71. The van der Waals surface area contributed by atoms with Gasteiger partial charge in [-0.05, 0) is 27.2 Å². The Morgan fingerprint density at radius 2 is 2.17 bits per heavy atom. The number of carbonyl (C=O) groups excluding carboxylic acids is 1. The second-order valence-corrected chi connectivity index (χ2v) is 6.52. The van der Waals surface area contributed by atoms with Gasteiger partial charge in [-0.25, -0.2) is 0 Å². The van der Waals surface area contributed by atoms with Crippen LogP contribution in [0.5, 0.6) is 0 Å². The quantitative estimate of drug-likeness (QED) is 0.857. The highest BCUT2D eigenvalue weighted by atomic mass is 16.5. The maximum absolute atomic E-state index is 12.9. The monoisotopic (exact) mass is 332 g/mol. The van der Waals surface area contributed by atoms with E-state index in [0.717, 1.165) is 34.8 Å². The van der Waals surface area contributed by atoms with Crippen molar-refractivity contribution in [2.75, 3.05) is 13.7 Å². The molecule has 2 atom stereocenters. The van der Waals surface area contributed by atoms with Crippen LogP contribution in [0.1, 0.15) is 40.9 Å². The SMILES string of the molecule is Cc1cc(CN(C)C(=O)[C@H]2CCO[C@@H]2c2c(C)nn(C)c2C)no1. The number of ether oxygens (including phenoxy) is 1. The Labute approximate surface area is 141 Å². The lowest BCUT2D eigenvalue weighted by atomic mass is 9.92. The lowest BCUT2D eigenvalue weighted by molar-refractivity contribution is -0.136. The van der Waals surface area contributed by atoms with E-state index in [2.05, 4.69) is 10.3 Å². The number of nitrogens with zero attached hydrogens (tertiary/aromatic N) is 4. The van der Waals surface area contributed by atoms with Gasteiger partial charge in [-0.1, -0.05) is 5.16 Å². The molecule has 0 saturated carbocycles. The van der Waals surface area contributed by atoms with Crippen molar-refractivity contribution >= 4 is 5.91 Å². The number of rotatable bonds is 4. The van der Waals surface area contributed by atoms with E-state index in [4.69, 9.17) is 9.26 Å². The van der Waals surface area contributed by atoms with Gasteiger partial charge in [-0.2, -0.15) is 5.10 Å². The zero-order valence-corrected chi connectivity index (χ0v) is 14.9. The molecule has 1 aliphatic rings. The number of aromatic nitrogens is 3. The van der Waals surface area contributed by atoms with Gasteiger partial charge in [0, 0.05) is 38.0 Å². The molecule has 130 valence electrons. The molecule has 1 saturated heterocycles. The van der Waals surface area contributed by atoms with Gasteiger partial charge >= 0.3 is 0 Å². The van der Waals surface area contributed by atoms with E-state index in [0.29, 0.717) is 13.2 Å². The summed E-state index contributed by atoms with van der Waals surface area (Å²) in [5.74, 6) is 0.625. The molecule has 0 spiro atoms. The van der Waals surface area contributed by atoms with Crippen molar-refractivity contribution in [1.29, 1.82) is 0 Å². The smallest absolute Gasteiger partial charge is 0.228 e. The standard InChI is InChI=1S/C17H24N4O3/c1-10-8-13(19-24-10)9-20(4)17(22)14-6-7-23-16(14)15-11(2)18-21(5)12(15)3/h8,14,16H,6-7,9H2,1-5H3/t14-,16-/m0/s1. The molecule has 1 amide bonds. The molecule has 3 rings (SSSR count). The van der Waals surface area contributed by atoms with E-state index in [1.54, 1.807) is 11.9 Å². The molecule has 0 bridgehead atoms. The fourth-order valence-electron chi connectivity index (χ4n) is 3.43. The number of amides is 1. The zero-order valence-electron chi connectivity index (χ0n) is 14.9. The van der Waals surface area contributed by atoms with Crippen molar-refractivity contribution in [3.8, 4) is 0 Å². The van der Waals surface area contributed by atoms with Crippen LogP contribution in [0.3, 0.4) is 0 Å². The Kier molecular flexibility index (Phi) is 4.45. The second kappa shape index (κ2) is 6.39. The third-order valence-electron chi connectivity index (χ3n) is 4.71. The molecule has 7 heteroatoms. The second-order valence-electron chi connectivity index (χ2n) is 6.52. The van der Waals surface area contributed by atoms with Crippen molar-refractivity contribution < 1.29 is 14.1 Å². The summed E-state index contributed by atoms with van der Waals surface area (Å²) < 4.78 is 12.8. The van der Waals surface area contributed by atoms with Gasteiger partial charge in [0.2, 0.25) is 5.91 Å². The maximum Gasteiger partial charge on any atom is 0.228 e. The maximum atomic E-state index is 12.9. The summed E-state index contributed by atoms with van der Waals surface area (Å²) in [5.41, 5.74) is 3.77. The minimum Gasteiger partial charge on any atom is -0.373 e. The molecular weight excluding hydrogens is 308 g/mol. The topological polar surface area (TPSA) is 73.4 Å². The number of hydrogen-bond acceptors (Lipinski definition) is 5. The molecular formula is C17H24N4O3. The van der Waals surface area contributed by atoms with Crippen molar-refractivity contribution in [3.63, 3.8) is 0 Å². The van der Waals surface area contributed by atoms with Crippen LogP contribution in [0.4, 0.5) is 0 Å². The number of aryl methyl sites for hydroxylation is 3. The van der Waals surface area contributed by atoms with Crippen molar-refractivity contribution in [3.05, 3.63) is 34.5 Å². The molecule has 3 heterocycles. The normalized spacial score (nSPS) is 20.5. The predicted octanol–water partition coefficient (Wildman–Crippen LogP) is 2.07. The van der Waals surface area contributed by atoms with Crippen molar-refractivity contribution in [2.24, 2.45) is 13.0 Å². The van der Waals surface area contributed by atoms with E-state index < -0.39 is 0 Å². The van der Waals surface area contributed by atoms with Crippen LogP contribution in [0.15, 0.2) is 10.6 Å². The van der Waals surface area contributed by atoms with Gasteiger partial charge in [-0.15, -0.1) is 0 Å². The highest BCUT2D eigenvalue weighted by Gasteiger charge is 2.39. The minimum absolute atomic E-state index is 0.0702. The van der Waals surface area contributed by atoms with E-state index in [1.807, 2.05) is 38.6 Å². The van der Waals surface area contributed by atoms with Crippen LogP contribution in [0, 0.1) is 26.7 Å². The molecule has 7 nitrogen and oxygen atoms in total. The summed E-state index contributed by atoms with van der Waals surface area (Å²) in [6.07, 6.45) is 0.493. The Bertz CT molecular complexity index is 749. The molecule has 0 radical (unpaired) electrons. The molecule has 0 unspecified atom stereocenters. The molecule has 1 fully saturated rings. The third kappa shape index (κ3) is 2.96. The van der Waals surface area contributed by atoms with Gasteiger partial charge in [0.25, 0.3) is 0 Å². The molecule has 1 aliphatic heterocycles. The van der Waals surface area contributed by atoms with E-state index >= 15 is 0 Å². The van der Waals surface area contributed by atoms with Crippen LogP contribution in [-0.4, -0.2) is 39.4 Å². The highest BCUT2D eigenvalue weighted by Crippen LogP contribution is 2.38. The summed E-state index contributed by atoms with van der Waals surface area (Å²) in [6.45, 7) is 6.84. The fraction of sp³-hybridized carbons (Fsp3) is 0.588. The number of hydrogen-bond donors (Lipinski definition) is 0. The van der Waals surface area contributed by atoms with Gasteiger partial charge in [0.05, 0.1) is 24.3 Å². The van der Waals surface area contributed by atoms with E-state index in [9.17, 15) is 4.79 Å². The first-order chi connectivity index (χ1) is 11.4. The van der Waals surface area contributed by atoms with Crippen LogP contribution in [0.2, 0.25) is 0 Å². The summed E-state index contributed by atoms with van der Waals surface area (Å²) in [5, 5.41) is 8.41. The van der Waals surface area contributed by atoms with Gasteiger partial charge < -0.3 is 14.2 Å². The Balaban J connectivity index is 1.78. The van der Waals surface area contributed by atoms with Crippen LogP contribution < -0.4 is 0 Å². The van der Waals surface area contributed by atoms with Crippen molar-refractivity contribution in [1.82, 2.24) is 19.8 Å². The summed E-state index contributed by atoms with van der Waals surface area (Å²) in [6, 6.07) is 1.85. The van der Waals surface area contributed by atoms with Gasteiger partial charge in [0.15, 0.2) is 0 Å². The predicted molar refractivity (Wildman–Crippen MR) is 87.2 cm³/mol. The lowest BCUT2D eigenvalue weighted by Gasteiger charge is -2.24. The summed E-state index contributed by atoms with van der Waals surface area (Å²) in [4.78, 5) is 14.6. The van der Waals surface area contributed by atoms with Gasteiger partial charge in [0.1, 0.15) is 11.5 Å².